The molecule has 0 saturated heterocycles. The van der Waals surface area contributed by atoms with Crippen molar-refractivity contribution >= 4 is 45.1 Å². The predicted molar refractivity (Wildman–Crippen MR) is 206 cm³/mol. The largest absolute Gasteiger partial charge is 0.395 e. The summed E-state index contributed by atoms with van der Waals surface area (Å²) in [5.41, 5.74) is 28.6. The number of allylic oxidation sites excluding steroid dienone is 10. The monoisotopic (exact) mass is 642 g/mol. The van der Waals surface area contributed by atoms with Crippen LogP contribution in [0.15, 0.2) is 212 Å². The van der Waals surface area contributed by atoms with Crippen LogP contribution in [0.3, 0.4) is 0 Å². The molecular weight excluding hydrogens is 613 g/mol. The molecule has 50 heavy (non-hydrogen) atoms. The van der Waals surface area contributed by atoms with Crippen LogP contribution in [-0.2, 0) is 0 Å². The predicted octanol–water partition coefficient (Wildman–Crippen LogP) is 8.26. The lowest BCUT2D eigenvalue weighted by molar-refractivity contribution is 1.29. The van der Waals surface area contributed by atoms with Gasteiger partial charge in [-0.3, -0.25) is 0 Å². The molecule has 0 amide bonds. The van der Waals surface area contributed by atoms with E-state index in [4.69, 9.17) is 31.4 Å². The highest BCUT2D eigenvalue weighted by atomic mass is 14.9. The molecule has 6 heteroatoms. The van der Waals surface area contributed by atoms with Gasteiger partial charge >= 0.3 is 0 Å². The Morgan fingerprint density at radius 2 is 0.860 bits per heavy atom. The van der Waals surface area contributed by atoms with Gasteiger partial charge in [0.2, 0.25) is 0 Å². The molecule has 0 unspecified atom stereocenters. The van der Waals surface area contributed by atoms with Crippen LogP contribution in [0.4, 0.5) is 0 Å². The standard InChI is InChI=1S/C44H30N6/c45-40-34-24-23-32(48-34)25-31-21-22-33(47-31)26-35-36(27-13-5-1-6-14-27)37(28-15-7-2-8-16-28)43(49-35)41(46)44-39(30-19-11-4-12-20-30)38(42(40)50-44)29-17-9-3-10-18-29/h1-26H,45-46H2. The second kappa shape index (κ2) is 12.0. The van der Waals surface area contributed by atoms with Crippen LogP contribution in [0, 0.1) is 0 Å². The number of aliphatic imine (C=N–C) groups is 4. The Hall–Kier alpha value is -6.92. The second-order valence-corrected chi connectivity index (χ2v) is 12.3. The summed E-state index contributed by atoms with van der Waals surface area (Å²) in [5.74, 6) is 0. The van der Waals surface area contributed by atoms with Crippen molar-refractivity contribution in [2.75, 3.05) is 0 Å². The van der Waals surface area contributed by atoms with E-state index in [1.165, 1.54) is 0 Å². The van der Waals surface area contributed by atoms with E-state index < -0.39 is 0 Å². The van der Waals surface area contributed by atoms with Crippen LogP contribution in [0.25, 0.3) is 22.3 Å². The third-order valence-corrected chi connectivity index (χ3v) is 9.14. The summed E-state index contributed by atoms with van der Waals surface area (Å²) in [5, 5.41) is 0. The van der Waals surface area contributed by atoms with Gasteiger partial charge in [-0.1, -0.05) is 121 Å². The van der Waals surface area contributed by atoms with Crippen molar-refractivity contribution in [2.45, 2.75) is 0 Å². The van der Waals surface area contributed by atoms with Crippen LogP contribution in [-0.4, -0.2) is 22.8 Å². The van der Waals surface area contributed by atoms with E-state index in [1.807, 2.05) is 109 Å². The maximum atomic E-state index is 7.43. The Kier molecular flexibility index (Phi) is 6.99. The molecule has 0 saturated carbocycles. The number of hydrogen-bond acceptors (Lipinski definition) is 6. The van der Waals surface area contributed by atoms with E-state index in [1.54, 1.807) is 0 Å². The van der Waals surface area contributed by atoms with Gasteiger partial charge in [-0.25, -0.2) is 20.0 Å². The Bertz CT molecular complexity index is 2480. The summed E-state index contributed by atoms with van der Waals surface area (Å²) in [6, 6.07) is 41.0. The SMILES string of the molecule is NC1=C2C=CC(=N2)C=C2C=CC(=N2)C=C2N=C(C(N)=C3N=C1C(c1ccccc1)=C3c1ccccc1)C(c1ccccc1)=C2c1ccccc1. The van der Waals surface area contributed by atoms with Crippen LogP contribution in [0.1, 0.15) is 22.3 Å². The number of rotatable bonds is 4. The summed E-state index contributed by atoms with van der Waals surface area (Å²) in [6.07, 6.45) is 11.9. The first-order valence-corrected chi connectivity index (χ1v) is 16.5. The lowest BCUT2D eigenvalue weighted by atomic mass is 9.88. The van der Waals surface area contributed by atoms with Crippen molar-refractivity contribution in [2.24, 2.45) is 31.4 Å². The molecule has 0 spiro atoms. The minimum absolute atomic E-state index is 0.448. The van der Waals surface area contributed by atoms with Crippen molar-refractivity contribution < 1.29 is 0 Å². The molecule has 236 valence electrons. The summed E-state index contributed by atoms with van der Waals surface area (Å²) >= 11 is 0. The van der Waals surface area contributed by atoms with Gasteiger partial charge in [-0.2, -0.15) is 0 Å². The van der Waals surface area contributed by atoms with Crippen LogP contribution in [0.5, 0.6) is 0 Å². The normalized spacial score (nSPS) is 18.0. The fraction of sp³-hybridized carbons (Fsp3) is 0. The molecule has 5 aliphatic rings. The van der Waals surface area contributed by atoms with Crippen molar-refractivity contribution in [3.63, 3.8) is 0 Å². The van der Waals surface area contributed by atoms with E-state index in [-0.39, 0.29) is 0 Å². The molecule has 0 radical (unpaired) electrons. The fourth-order valence-electron chi connectivity index (χ4n) is 6.87. The molecule has 8 bridgehead atoms. The molecule has 0 atom stereocenters. The molecule has 0 fully saturated rings. The van der Waals surface area contributed by atoms with Gasteiger partial charge in [-0.05, 0) is 58.7 Å². The van der Waals surface area contributed by atoms with Crippen LogP contribution >= 0.6 is 0 Å². The van der Waals surface area contributed by atoms with E-state index in [0.717, 1.165) is 67.4 Å². The molecular formula is C44H30N6. The Labute approximate surface area is 290 Å². The first-order chi connectivity index (χ1) is 24.6. The molecule has 4 aromatic rings. The van der Waals surface area contributed by atoms with Crippen molar-refractivity contribution in [1.29, 1.82) is 0 Å². The molecule has 6 nitrogen and oxygen atoms in total. The molecule has 0 aliphatic carbocycles. The van der Waals surface area contributed by atoms with Gasteiger partial charge in [0.25, 0.3) is 0 Å². The second-order valence-electron chi connectivity index (χ2n) is 12.3. The highest BCUT2D eigenvalue weighted by molar-refractivity contribution is 6.45. The highest BCUT2D eigenvalue weighted by Crippen LogP contribution is 2.46. The Morgan fingerprint density at radius 3 is 1.46 bits per heavy atom. The zero-order chi connectivity index (χ0) is 33.6. The zero-order valence-electron chi connectivity index (χ0n) is 27.0. The van der Waals surface area contributed by atoms with Gasteiger partial charge in [0, 0.05) is 22.3 Å². The minimum Gasteiger partial charge on any atom is -0.395 e. The number of benzene rings is 4. The van der Waals surface area contributed by atoms with Gasteiger partial charge in [0.1, 0.15) is 0 Å². The minimum atomic E-state index is 0.448. The zero-order valence-corrected chi connectivity index (χ0v) is 27.0. The topological polar surface area (TPSA) is 101 Å². The maximum absolute atomic E-state index is 7.43. The van der Waals surface area contributed by atoms with Crippen molar-refractivity contribution in [3.8, 4) is 0 Å². The number of fused-ring (bicyclic) bond motifs is 4. The Balaban J connectivity index is 1.42. The van der Waals surface area contributed by atoms with Crippen molar-refractivity contribution in [1.82, 2.24) is 0 Å². The first-order valence-electron chi connectivity index (χ1n) is 16.5. The molecule has 9 rings (SSSR count). The summed E-state index contributed by atoms with van der Waals surface area (Å²) in [6.45, 7) is 0. The molecule has 5 heterocycles. The van der Waals surface area contributed by atoms with Gasteiger partial charge in [-0.15, -0.1) is 0 Å². The smallest absolute Gasteiger partial charge is 0.0975 e. The average molecular weight is 643 g/mol. The van der Waals surface area contributed by atoms with E-state index in [9.17, 15) is 0 Å². The van der Waals surface area contributed by atoms with Gasteiger partial charge < -0.3 is 11.5 Å². The molecule has 0 aromatic heterocycles. The fourth-order valence-corrected chi connectivity index (χ4v) is 6.87. The number of nitrogens with two attached hydrogens (primary N) is 2. The summed E-state index contributed by atoms with van der Waals surface area (Å²) in [7, 11) is 0. The maximum Gasteiger partial charge on any atom is 0.0975 e. The van der Waals surface area contributed by atoms with Gasteiger partial charge in [0.05, 0.1) is 57.0 Å². The number of hydrogen-bond donors (Lipinski definition) is 2. The molecule has 4 N–H and O–H groups in total. The lowest BCUT2D eigenvalue weighted by Crippen LogP contribution is -2.15. The van der Waals surface area contributed by atoms with E-state index in [2.05, 4.69) is 48.5 Å². The first kappa shape index (κ1) is 29.2. The quantitative estimate of drug-likeness (QED) is 0.234. The van der Waals surface area contributed by atoms with Crippen LogP contribution < -0.4 is 11.5 Å². The average Bonchev–Trinajstić information content (AvgIpc) is 3.98. The third kappa shape index (κ3) is 4.98. The van der Waals surface area contributed by atoms with E-state index in [0.29, 0.717) is 34.2 Å². The summed E-state index contributed by atoms with van der Waals surface area (Å²) in [4.78, 5) is 20.5. The van der Waals surface area contributed by atoms with E-state index >= 15 is 0 Å². The van der Waals surface area contributed by atoms with Crippen LogP contribution in [0.2, 0.25) is 0 Å². The third-order valence-electron chi connectivity index (χ3n) is 9.14. The summed E-state index contributed by atoms with van der Waals surface area (Å²) < 4.78 is 0. The Morgan fingerprint density at radius 1 is 0.380 bits per heavy atom. The van der Waals surface area contributed by atoms with Gasteiger partial charge in [0.15, 0.2) is 0 Å². The van der Waals surface area contributed by atoms with Crippen molar-refractivity contribution in [3.05, 3.63) is 214 Å². The highest BCUT2D eigenvalue weighted by Gasteiger charge is 2.35. The molecule has 4 aromatic carbocycles. The molecule has 5 aliphatic heterocycles. The lowest BCUT2D eigenvalue weighted by Gasteiger charge is -2.15. The number of nitrogens with zero attached hydrogens (tertiary/aromatic N) is 4.